The molecule has 1 aromatic heterocycles. The molecule has 1 amide bonds. The zero-order valence-electron chi connectivity index (χ0n) is 20.8. The van der Waals surface area contributed by atoms with E-state index in [1.54, 1.807) is 6.20 Å². The van der Waals surface area contributed by atoms with E-state index in [2.05, 4.69) is 56.2 Å². The lowest BCUT2D eigenvalue weighted by Crippen LogP contribution is -2.98. The molecule has 0 spiro atoms. The minimum Gasteiger partial charge on any atom is -0.369 e. The van der Waals surface area contributed by atoms with E-state index in [-0.39, 0.29) is 11.4 Å². The van der Waals surface area contributed by atoms with Crippen LogP contribution >= 0.6 is 0 Å². The summed E-state index contributed by atoms with van der Waals surface area (Å²) < 4.78 is 0. The van der Waals surface area contributed by atoms with Crippen LogP contribution in [0.2, 0.25) is 0 Å². The fourth-order valence-corrected chi connectivity index (χ4v) is 5.33. The highest BCUT2D eigenvalue weighted by Crippen LogP contribution is 2.27. The van der Waals surface area contributed by atoms with Gasteiger partial charge < -0.3 is 20.9 Å². The molecule has 2 aromatic carbocycles. The van der Waals surface area contributed by atoms with Gasteiger partial charge in [-0.2, -0.15) is 4.98 Å². The van der Waals surface area contributed by atoms with Crippen molar-refractivity contribution >= 4 is 40.5 Å². The van der Waals surface area contributed by atoms with E-state index in [9.17, 15) is 9.59 Å². The fraction of sp³-hybridized carbons (Fsp3) is 0.286. The highest BCUT2D eigenvalue weighted by atomic mass is 16.2. The lowest BCUT2D eigenvalue weighted by atomic mass is 10.0. The number of carbonyl (C=O) groups is 2. The van der Waals surface area contributed by atoms with Gasteiger partial charge >= 0.3 is 0 Å². The summed E-state index contributed by atoms with van der Waals surface area (Å²) in [6.45, 7) is 3.85. The molecular formula is C28H30N7O2+. The van der Waals surface area contributed by atoms with Crippen LogP contribution in [0.1, 0.15) is 27.9 Å². The lowest BCUT2D eigenvalue weighted by molar-refractivity contribution is -0.701. The van der Waals surface area contributed by atoms with Gasteiger partial charge in [0.2, 0.25) is 11.7 Å². The molecule has 3 aromatic rings. The molecule has 1 unspecified atom stereocenters. The van der Waals surface area contributed by atoms with E-state index in [4.69, 9.17) is 4.98 Å². The molecule has 37 heavy (non-hydrogen) atoms. The molecule has 4 N–H and O–H groups in total. The van der Waals surface area contributed by atoms with Crippen molar-refractivity contribution in [3.05, 3.63) is 77.1 Å². The van der Waals surface area contributed by atoms with Crippen molar-refractivity contribution in [3.63, 3.8) is 0 Å². The van der Waals surface area contributed by atoms with Gasteiger partial charge in [0, 0.05) is 62.9 Å². The van der Waals surface area contributed by atoms with Crippen molar-refractivity contribution in [2.75, 3.05) is 43.4 Å². The number of quaternary nitrogens is 1. The number of piperazine rings is 1. The number of nitrogens with zero attached hydrogens (tertiary/aromatic N) is 3. The molecule has 1 aliphatic carbocycles. The molecule has 9 heteroatoms. The Morgan fingerprint density at radius 2 is 1.92 bits per heavy atom. The van der Waals surface area contributed by atoms with Gasteiger partial charge in [0.1, 0.15) is 23.0 Å². The quantitative estimate of drug-likeness (QED) is 0.400. The SMILES string of the molecule is CNC(=O)C1=C[NH+](c2ccc3c(c2)CCC3)c2nc(Nc3cccc(N4CCNCC4)c3)ncc2C1=O. The van der Waals surface area contributed by atoms with E-state index in [1.807, 2.05) is 12.1 Å². The highest BCUT2D eigenvalue weighted by molar-refractivity contribution is 6.27. The summed E-state index contributed by atoms with van der Waals surface area (Å²) in [6, 6.07) is 14.6. The number of Topliss-reactive ketones (excluding diaryl/α,β-unsaturated/α-hetero) is 1. The van der Waals surface area contributed by atoms with Crippen LogP contribution in [0, 0.1) is 0 Å². The second-order valence-electron chi connectivity index (χ2n) is 9.59. The minimum atomic E-state index is -0.416. The first-order valence-corrected chi connectivity index (χ1v) is 12.8. The lowest BCUT2D eigenvalue weighted by Gasteiger charge is -2.29. The number of aromatic nitrogens is 2. The van der Waals surface area contributed by atoms with Crippen LogP contribution in [-0.4, -0.2) is 54.9 Å². The largest absolute Gasteiger partial charge is 0.369 e. The van der Waals surface area contributed by atoms with Crippen LogP contribution in [0.3, 0.4) is 0 Å². The highest BCUT2D eigenvalue weighted by Gasteiger charge is 2.36. The third-order valence-electron chi connectivity index (χ3n) is 7.29. The molecule has 6 rings (SSSR count). The molecule has 0 bridgehead atoms. The summed E-state index contributed by atoms with van der Waals surface area (Å²) in [5, 5.41) is 9.28. The second-order valence-corrected chi connectivity index (χ2v) is 9.59. The summed E-state index contributed by atoms with van der Waals surface area (Å²) in [5.41, 5.74) is 6.07. The number of anilines is 3. The standard InChI is InChI=1S/C28H29N7O2/c1-29-27(37)24-17-35(22-9-8-18-4-2-5-19(18)14-22)26-23(25(24)36)16-31-28(33-26)32-20-6-3-7-21(15-20)34-12-10-30-11-13-34/h3,6-9,14-17,30H,2,4-5,10-13H2,1H3,(H,29,37)(H,31,32,33)/p+1. The first kappa shape index (κ1) is 23.3. The summed E-state index contributed by atoms with van der Waals surface area (Å²) in [4.78, 5) is 38.1. The van der Waals surface area contributed by atoms with Crippen molar-refractivity contribution in [2.24, 2.45) is 0 Å². The molecule has 2 aliphatic heterocycles. The van der Waals surface area contributed by atoms with Gasteiger partial charge in [-0.15, -0.1) is 0 Å². The van der Waals surface area contributed by atoms with E-state index in [0.29, 0.717) is 17.3 Å². The predicted octanol–water partition coefficient (Wildman–Crippen LogP) is 1.79. The molecule has 0 saturated carbocycles. The first-order valence-electron chi connectivity index (χ1n) is 12.8. The van der Waals surface area contributed by atoms with Crippen molar-refractivity contribution in [1.29, 1.82) is 0 Å². The maximum absolute atomic E-state index is 13.2. The topological polar surface area (TPSA) is 104 Å². The maximum atomic E-state index is 13.2. The average Bonchev–Trinajstić information content (AvgIpc) is 3.42. The zero-order valence-corrected chi connectivity index (χ0v) is 20.8. The van der Waals surface area contributed by atoms with Gasteiger partial charge in [0.25, 0.3) is 11.7 Å². The molecule has 1 saturated heterocycles. The van der Waals surface area contributed by atoms with E-state index < -0.39 is 5.91 Å². The number of likely N-dealkylation sites (N-methyl/N-ethyl adjacent to an activating group) is 1. The minimum absolute atomic E-state index is 0.0959. The van der Waals surface area contributed by atoms with Crippen molar-refractivity contribution in [2.45, 2.75) is 19.3 Å². The number of amides is 1. The van der Waals surface area contributed by atoms with Crippen molar-refractivity contribution in [3.8, 4) is 0 Å². The Hall–Kier alpha value is -4.08. The van der Waals surface area contributed by atoms with Gasteiger partial charge in [0.15, 0.2) is 0 Å². The number of nitrogens with one attached hydrogen (secondary N) is 4. The Balaban J connectivity index is 1.36. The van der Waals surface area contributed by atoms with Crippen LogP contribution in [0.4, 0.5) is 28.8 Å². The van der Waals surface area contributed by atoms with Gasteiger partial charge in [0.05, 0.1) is 0 Å². The Morgan fingerprint density at radius 1 is 1.08 bits per heavy atom. The number of hydrogen-bond acceptors (Lipinski definition) is 7. The molecule has 188 valence electrons. The fourth-order valence-electron chi connectivity index (χ4n) is 5.33. The Kier molecular flexibility index (Phi) is 6.15. The van der Waals surface area contributed by atoms with Gasteiger partial charge in [-0.1, -0.05) is 12.1 Å². The summed E-state index contributed by atoms with van der Waals surface area (Å²) >= 11 is 0. The van der Waals surface area contributed by atoms with E-state index >= 15 is 0 Å². The summed E-state index contributed by atoms with van der Waals surface area (Å²) in [7, 11) is 1.53. The number of ketones is 1. The second kappa shape index (κ2) is 9.76. The van der Waals surface area contributed by atoms with Crippen LogP contribution in [-0.2, 0) is 17.6 Å². The monoisotopic (exact) mass is 496 g/mol. The third kappa shape index (κ3) is 4.47. The van der Waals surface area contributed by atoms with Crippen LogP contribution < -0.4 is 25.8 Å². The predicted molar refractivity (Wildman–Crippen MR) is 142 cm³/mol. The van der Waals surface area contributed by atoms with Gasteiger partial charge in [-0.25, -0.2) is 9.88 Å². The molecule has 1 fully saturated rings. The smallest absolute Gasteiger partial charge is 0.260 e. The molecule has 0 radical (unpaired) electrons. The number of benzene rings is 2. The van der Waals surface area contributed by atoms with Gasteiger partial charge in [-0.3, -0.25) is 9.59 Å². The molecule has 3 heterocycles. The normalized spacial score (nSPS) is 18.6. The number of fused-ring (bicyclic) bond motifs is 2. The number of rotatable bonds is 5. The van der Waals surface area contributed by atoms with Gasteiger partial charge in [-0.05, 0) is 48.6 Å². The third-order valence-corrected chi connectivity index (χ3v) is 7.29. The van der Waals surface area contributed by atoms with Crippen LogP contribution in [0.5, 0.6) is 0 Å². The molecular weight excluding hydrogens is 466 g/mol. The zero-order chi connectivity index (χ0) is 25.4. The number of carbonyl (C=O) groups excluding carboxylic acids is 2. The van der Waals surface area contributed by atoms with E-state index in [1.165, 1.54) is 24.4 Å². The maximum Gasteiger partial charge on any atom is 0.260 e. The van der Waals surface area contributed by atoms with Crippen molar-refractivity contribution in [1.82, 2.24) is 20.6 Å². The summed E-state index contributed by atoms with van der Waals surface area (Å²) in [5.74, 6) is 0.151. The number of hydrogen-bond donors (Lipinski definition) is 4. The molecule has 1 atom stereocenters. The van der Waals surface area contributed by atoms with E-state index in [0.717, 1.165) is 67.4 Å². The van der Waals surface area contributed by atoms with Crippen LogP contribution in [0.15, 0.2) is 60.4 Å². The van der Waals surface area contributed by atoms with Crippen molar-refractivity contribution < 1.29 is 14.5 Å². The Morgan fingerprint density at radius 3 is 2.76 bits per heavy atom. The first-order chi connectivity index (χ1) is 18.1. The molecule has 3 aliphatic rings. The molecule has 9 nitrogen and oxygen atoms in total. The Labute approximate surface area is 215 Å². The number of aryl methyl sites for hydroxylation is 2. The average molecular weight is 497 g/mol. The Bertz CT molecular complexity index is 1410. The summed E-state index contributed by atoms with van der Waals surface area (Å²) in [6.07, 6.45) is 6.46. The van der Waals surface area contributed by atoms with Crippen LogP contribution in [0.25, 0.3) is 0 Å².